The molecule has 0 radical (unpaired) electrons. The lowest BCUT2D eigenvalue weighted by Crippen LogP contribution is -2.04. The number of nitrogen functional groups attached to an aromatic ring is 2. The van der Waals surface area contributed by atoms with Gasteiger partial charge in [0, 0.05) is 23.0 Å². The predicted molar refractivity (Wildman–Crippen MR) is 118 cm³/mol. The number of anilines is 2. The first kappa shape index (κ1) is 19.1. The summed E-state index contributed by atoms with van der Waals surface area (Å²) in [6.45, 7) is 0. The Morgan fingerprint density at radius 1 is 0.600 bits per heavy atom. The number of ketones is 1. The van der Waals surface area contributed by atoms with Crippen LogP contribution in [-0.2, 0) is 0 Å². The first-order chi connectivity index (χ1) is 14.6. The van der Waals surface area contributed by atoms with Crippen molar-refractivity contribution < 1.29 is 14.3 Å². The fourth-order valence-electron chi connectivity index (χ4n) is 2.92. The molecule has 0 aliphatic rings. The van der Waals surface area contributed by atoms with Crippen LogP contribution in [0.3, 0.4) is 0 Å². The number of hydrogen-bond donors (Lipinski definition) is 2. The van der Waals surface area contributed by atoms with Crippen LogP contribution in [0.2, 0.25) is 0 Å². The minimum atomic E-state index is -0.139. The minimum absolute atomic E-state index is 0.139. The summed E-state index contributed by atoms with van der Waals surface area (Å²) in [5.74, 6) is 1.98. The van der Waals surface area contributed by atoms with E-state index in [4.69, 9.17) is 20.9 Å². The van der Waals surface area contributed by atoms with Gasteiger partial charge < -0.3 is 20.9 Å². The van der Waals surface area contributed by atoms with Crippen molar-refractivity contribution in [3.8, 4) is 23.0 Å². The van der Waals surface area contributed by atoms with Crippen LogP contribution in [0.15, 0.2) is 97.1 Å². The fourth-order valence-corrected chi connectivity index (χ4v) is 2.92. The lowest BCUT2D eigenvalue weighted by molar-refractivity contribution is 0.103. The molecule has 0 aromatic heterocycles. The molecule has 0 saturated carbocycles. The fraction of sp³-hybridized carbons (Fsp3) is 0. The van der Waals surface area contributed by atoms with E-state index in [2.05, 4.69) is 0 Å². The van der Waals surface area contributed by atoms with Gasteiger partial charge in [-0.25, -0.2) is 0 Å². The molecule has 4 N–H and O–H groups in total. The van der Waals surface area contributed by atoms with Gasteiger partial charge in [0.15, 0.2) is 5.78 Å². The second-order valence-corrected chi connectivity index (χ2v) is 6.70. The van der Waals surface area contributed by atoms with Crippen LogP contribution in [0.4, 0.5) is 11.4 Å². The summed E-state index contributed by atoms with van der Waals surface area (Å²) in [4.78, 5) is 13.1. The summed E-state index contributed by atoms with van der Waals surface area (Å²) < 4.78 is 11.9. The Morgan fingerprint density at radius 3 is 1.73 bits per heavy atom. The third-order valence-corrected chi connectivity index (χ3v) is 4.46. The van der Waals surface area contributed by atoms with E-state index in [0.717, 1.165) is 0 Å². The van der Waals surface area contributed by atoms with E-state index in [9.17, 15) is 4.79 Å². The van der Waals surface area contributed by atoms with E-state index in [1.807, 2.05) is 18.2 Å². The van der Waals surface area contributed by atoms with Crippen LogP contribution in [0.1, 0.15) is 15.9 Å². The van der Waals surface area contributed by atoms with Crippen molar-refractivity contribution in [2.24, 2.45) is 0 Å². The Morgan fingerprint density at radius 2 is 1.13 bits per heavy atom. The Balaban J connectivity index is 1.70. The molecular formula is C25H20N2O3. The maximum Gasteiger partial charge on any atom is 0.196 e. The van der Waals surface area contributed by atoms with Crippen LogP contribution in [0.25, 0.3) is 0 Å². The molecule has 0 unspecified atom stereocenters. The molecule has 0 heterocycles. The Hall–Kier alpha value is -4.25. The predicted octanol–water partition coefficient (Wildman–Crippen LogP) is 5.67. The molecule has 0 atom stereocenters. The summed E-state index contributed by atoms with van der Waals surface area (Å²) in [6, 6.07) is 28.2. The van der Waals surface area contributed by atoms with Gasteiger partial charge in [0.05, 0.1) is 5.56 Å². The standard InChI is InChI=1S/C25H20N2O3/c26-18-6-10-20(11-7-18)29-22-14-15-23(25(28)17-4-2-1-3-5-17)24(16-22)30-21-12-8-19(27)9-13-21/h1-16H,26-27H2. The molecule has 5 heteroatoms. The molecule has 0 spiro atoms. The SMILES string of the molecule is Nc1ccc(Oc2ccc(C(=O)c3ccccc3)c(Oc3ccc(N)cc3)c2)cc1. The molecule has 4 rings (SSSR count). The topological polar surface area (TPSA) is 87.6 Å². The van der Waals surface area contributed by atoms with Crippen molar-refractivity contribution >= 4 is 17.2 Å². The maximum atomic E-state index is 13.1. The molecule has 0 aliphatic heterocycles. The highest BCUT2D eigenvalue weighted by Crippen LogP contribution is 2.33. The molecule has 0 saturated heterocycles. The van der Waals surface area contributed by atoms with Crippen molar-refractivity contribution in [1.82, 2.24) is 0 Å². The van der Waals surface area contributed by atoms with Gasteiger partial charge in [-0.2, -0.15) is 0 Å². The molecule has 148 valence electrons. The summed E-state index contributed by atoms with van der Waals surface area (Å²) in [5.41, 5.74) is 13.8. The molecule has 4 aromatic carbocycles. The zero-order chi connectivity index (χ0) is 20.9. The monoisotopic (exact) mass is 396 g/mol. The highest BCUT2D eigenvalue weighted by atomic mass is 16.5. The number of rotatable bonds is 6. The molecule has 0 fully saturated rings. The molecular weight excluding hydrogens is 376 g/mol. The van der Waals surface area contributed by atoms with Gasteiger partial charge in [-0.1, -0.05) is 30.3 Å². The van der Waals surface area contributed by atoms with E-state index in [1.165, 1.54) is 0 Å². The average molecular weight is 396 g/mol. The highest BCUT2D eigenvalue weighted by Gasteiger charge is 2.17. The first-order valence-corrected chi connectivity index (χ1v) is 9.39. The molecule has 30 heavy (non-hydrogen) atoms. The van der Waals surface area contributed by atoms with Gasteiger partial charge in [-0.05, 0) is 60.7 Å². The second kappa shape index (κ2) is 8.41. The Kier molecular flexibility index (Phi) is 5.35. The van der Waals surface area contributed by atoms with Crippen molar-refractivity contribution in [2.45, 2.75) is 0 Å². The van der Waals surface area contributed by atoms with Crippen molar-refractivity contribution in [3.05, 3.63) is 108 Å². The number of ether oxygens (including phenoxy) is 2. The van der Waals surface area contributed by atoms with E-state index < -0.39 is 0 Å². The second-order valence-electron chi connectivity index (χ2n) is 6.70. The lowest BCUT2D eigenvalue weighted by Gasteiger charge is -2.13. The molecule has 0 bridgehead atoms. The Bertz CT molecular complexity index is 1160. The van der Waals surface area contributed by atoms with Gasteiger partial charge in [-0.3, -0.25) is 4.79 Å². The Labute approximate surface area is 174 Å². The lowest BCUT2D eigenvalue weighted by atomic mass is 10.0. The number of benzene rings is 4. The zero-order valence-corrected chi connectivity index (χ0v) is 16.1. The van der Waals surface area contributed by atoms with E-state index >= 15 is 0 Å². The summed E-state index contributed by atoms with van der Waals surface area (Å²) >= 11 is 0. The van der Waals surface area contributed by atoms with Gasteiger partial charge in [-0.15, -0.1) is 0 Å². The van der Waals surface area contributed by atoms with Crippen LogP contribution >= 0.6 is 0 Å². The van der Waals surface area contributed by atoms with E-state index in [1.54, 1.807) is 78.9 Å². The van der Waals surface area contributed by atoms with Crippen molar-refractivity contribution in [2.75, 3.05) is 11.5 Å². The van der Waals surface area contributed by atoms with Gasteiger partial charge in [0.1, 0.15) is 23.0 Å². The number of carbonyl (C=O) groups is 1. The summed E-state index contributed by atoms with van der Waals surface area (Å²) in [7, 11) is 0. The molecule has 0 amide bonds. The highest BCUT2D eigenvalue weighted by molar-refractivity contribution is 6.10. The van der Waals surface area contributed by atoms with Crippen LogP contribution in [0.5, 0.6) is 23.0 Å². The quantitative estimate of drug-likeness (QED) is 0.324. The average Bonchev–Trinajstić information content (AvgIpc) is 2.77. The van der Waals surface area contributed by atoms with Crippen LogP contribution < -0.4 is 20.9 Å². The number of carbonyl (C=O) groups excluding carboxylic acids is 1. The largest absolute Gasteiger partial charge is 0.457 e. The van der Waals surface area contributed by atoms with Gasteiger partial charge in [0.25, 0.3) is 0 Å². The number of nitrogens with two attached hydrogens (primary N) is 2. The summed E-state index contributed by atoms with van der Waals surface area (Å²) in [5, 5.41) is 0. The first-order valence-electron chi connectivity index (χ1n) is 9.39. The minimum Gasteiger partial charge on any atom is -0.457 e. The third-order valence-electron chi connectivity index (χ3n) is 4.46. The van der Waals surface area contributed by atoms with Crippen LogP contribution in [0, 0.1) is 0 Å². The normalized spacial score (nSPS) is 10.4. The molecule has 0 aliphatic carbocycles. The molecule has 5 nitrogen and oxygen atoms in total. The van der Waals surface area contributed by atoms with Crippen molar-refractivity contribution in [3.63, 3.8) is 0 Å². The van der Waals surface area contributed by atoms with Crippen molar-refractivity contribution in [1.29, 1.82) is 0 Å². The van der Waals surface area contributed by atoms with Crippen LogP contribution in [-0.4, -0.2) is 5.78 Å². The summed E-state index contributed by atoms with van der Waals surface area (Å²) in [6.07, 6.45) is 0. The maximum absolute atomic E-state index is 13.1. The van der Waals surface area contributed by atoms with Gasteiger partial charge >= 0.3 is 0 Å². The molecule has 4 aromatic rings. The zero-order valence-electron chi connectivity index (χ0n) is 16.1. The van der Waals surface area contributed by atoms with Gasteiger partial charge in [0.2, 0.25) is 0 Å². The van der Waals surface area contributed by atoms with E-state index in [0.29, 0.717) is 45.5 Å². The third kappa shape index (κ3) is 4.42. The number of hydrogen-bond acceptors (Lipinski definition) is 5. The smallest absolute Gasteiger partial charge is 0.196 e. The van der Waals surface area contributed by atoms with E-state index in [-0.39, 0.29) is 5.78 Å².